The Hall–Kier alpha value is 0.0700. The number of phosphoric ester groups is 1. The summed E-state index contributed by atoms with van der Waals surface area (Å²) in [6.45, 7) is 0.892. The van der Waals surface area contributed by atoms with Gasteiger partial charge in [0.25, 0.3) is 0 Å². The van der Waals surface area contributed by atoms with E-state index < -0.39 is 7.82 Å². The van der Waals surface area contributed by atoms with E-state index in [4.69, 9.17) is 14.5 Å². The summed E-state index contributed by atoms with van der Waals surface area (Å²) in [7, 11) is -4.31. The first kappa shape index (κ1) is 12.1. The van der Waals surface area contributed by atoms with Crippen LogP contribution < -0.4 is 0 Å². The first-order chi connectivity index (χ1) is 6.58. The summed E-state index contributed by atoms with van der Waals surface area (Å²) in [6, 6.07) is 0. The van der Waals surface area contributed by atoms with Crippen LogP contribution in [0.25, 0.3) is 0 Å². The highest BCUT2D eigenvalue weighted by atomic mass is 31.2. The highest BCUT2D eigenvalue weighted by Crippen LogP contribution is 2.35. The van der Waals surface area contributed by atoms with E-state index in [2.05, 4.69) is 4.52 Å². The fourth-order valence-electron chi connectivity index (χ4n) is 1.64. The maximum Gasteiger partial charge on any atom is 0.469 e. The van der Waals surface area contributed by atoms with Gasteiger partial charge in [-0.15, -0.1) is 0 Å². The topological polar surface area (TPSA) is 76.0 Å². The molecule has 0 amide bonds. The molecule has 0 atom stereocenters. The van der Waals surface area contributed by atoms with E-state index in [0.29, 0.717) is 12.5 Å². The van der Waals surface area contributed by atoms with Gasteiger partial charge in [-0.2, -0.15) is 0 Å². The highest BCUT2D eigenvalue weighted by Gasteiger charge is 2.15. The molecule has 0 aromatic carbocycles. The van der Waals surface area contributed by atoms with Crippen LogP contribution >= 0.6 is 7.82 Å². The molecule has 1 fully saturated rings. The number of hydrogen-bond donors (Lipinski definition) is 2. The van der Waals surface area contributed by atoms with Crippen molar-refractivity contribution in [3.8, 4) is 0 Å². The lowest BCUT2D eigenvalue weighted by atomic mass is 10.1. The second kappa shape index (κ2) is 5.83. The first-order valence-corrected chi connectivity index (χ1v) is 6.39. The molecular formula is C8H17O5P. The molecule has 1 aliphatic rings. The van der Waals surface area contributed by atoms with E-state index >= 15 is 0 Å². The Bertz CT molecular complexity index is 196. The van der Waals surface area contributed by atoms with Gasteiger partial charge >= 0.3 is 7.82 Å². The summed E-state index contributed by atoms with van der Waals surface area (Å²) >= 11 is 0. The Labute approximate surface area is 83.7 Å². The third kappa shape index (κ3) is 5.73. The van der Waals surface area contributed by atoms with Gasteiger partial charge in [-0.1, -0.05) is 12.8 Å². The van der Waals surface area contributed by atoms with Gasteiger partial charge in [0.1, 0.15) is 0 Å². The average Bonchev–Trinajstić information content (AvgIpc) is 2.54. The van der Waals surface area contributed by atoms with Crippen molar-refractivity contribution in [3.63, 3.8) is 0 Å². The smallest absolute Gasteiger partial charge is 0.379 e. The van der Waals surface area contributed by atoms with Crippen molar-refractivity contribution in [2.45, 2.75) is 25.7 Å². The molecule has 0 bridgehead atoms. The Balaban J connectivity index is 1.91. The van der Waals surface area contributed by atoms with Crippen LogP contribution in [0.15, 0.2) is 0 Å². The molecule has 0 aromatic rings. The molecule has 1 aliphatic carbocycles. The minimum atomic E-state index is -4.31. The summed E-state index contributed by atoms with van der Waals surface area (Å²) in [4.78, 5) is 16.7. The van der Waals surface area contributed by atoms with Crippen molar-refractivity contribution < 1.29 is 23.6 Å². The van der Waals surface area contributed by atoms with Gasteiger partial charge in [0.2, 0.25) is 0 Å². The van der Waals surface area contributed by atoms with Crippen LogP contribution in [0.3, 0.4) is 0 Å². The minimum absolute atomic E-state index is 0.0446. The monoisotopic (exact) mass is 224 g/mol. The van der Waals surface area contributed by atoms with Crippen molar-refractivity contribution >= 4 is 7.82 Å². The Morgan fingerprint density at radius 2 is 1.86 bits per heavy atom. The zero-order valence-electron chi connectivity index (χ0n) is 8.09. The molecule has 0 aliphatic heterocycles. The molecule has 84 valence electrons. The summed E-state index contributed by atoms with van der Waals surface area (Å²) in [5.74, 6) is 0.630. The summed E-state index contributed by atoms with van der Waals surface area (Å²) in [6.07, 6.45) is 4.96. The molecule has 0 radical (unpaired) electrons. The Kier molecular flexibility index (Phi) is 5.06. The highest BCUT2D eigenvalue weighted by molar-refractivity contribution is 7.46. The van der Waals surface area contributed by atoms with Gasteiger partial charge in [-0.3, -0.25) is 4.52 Å². The number of phosphoric acid groups is 1. The van der Waals surface area contributed by atoms with Gasteiger partial charge in [-0.05, 0) is 18.8 Å². The van der Waals surface area contributed by atoms with Crippen LogP contribution in [0.5, 0.6) is 0 Å². The number of ether oxygens (including phenoxy) is 1. The van der Waals surface area contributed by atoms with E-state index in [0.717, 1.165) is 0 Å². The van der Waals surface area contributed by atoms with Crippen LogP contribution in [0, 0.1) is 5.92 Å². The molecule has 0 saturated heterocycles. The first-order valence-electron chi connectivity index (χ1n) is 4.86. The van der Waals surface area contributed by atoms with E-state index in [-0.39, 0.29) is 13.2 Å². The molecule has 0 aromatic heterocycles. The third-order valence-corrected chi connectivity index (χ3v) is 2.83. The second-order valence-corrected chi connectivity index (χ2v) is 4.79. The van der Waals surface area contributed by atoms with Crippen molar-refractivity contribution in [2.24, 2.45) is 5.92 Å². The molecule has 0 heterocycles. The largest absolute Gasteiger partial charge is 0.469 e. The van der Waals surface area contributed by atoms with Crippen LogP contribution in [0.1, 0.15) is 25.7 Å². The number of hydrogen-bond acceptors (Lipinski definition) is 3. The Morgan fingerprint density at radius 1 is 1.21 bits per heavy atom. The van der Waals surface area contributed by atoms with Crippen LogP contribution in [0.2, 0.25) is 0 Å². The molecule has 0 spiro atoms. The fraction of sp³-hybridized carbons (Fsp3) is 1.00. The van der Waals surface area contributed by atoms with Crippen LogP contribution in [0.4, 0.5) is 0 Å². The molecule has 6 heteroatoms. The van der Waals surface area contributed by atoms with Crippen molar-refractivity contribution in [3.05, 3.63) is 0 Å². The molecule has 1 saturated carbocycles. The lowest BCUT2D eigenvalue weighted by Gasteiger charge is -2.10. The van der Waals surface area contributed by atoms with Gasteiger partial charge in [0.05, 0.1) is 13.2 Å². The second-order valence-electron chi connectivity index (χ2n) is 3.55. The van der Waals surface area contributed by atoms with Crippen molar-refractivity contribution in [2.75, 3.05) is 19.8 Å². The fourth-order valence-corrected chi connectivity index (χ4v) is 1.95. The maximum atomic E-state index is 10.3. The SMILES string of the molecule is O=P(O)(O)OCCOCC1CCCC1. The standard InChI is InChI=1S/C8H17O5P/c9-14(10,11)13-6-5-12-7-8-3-1-2-4-8/h8H,1-7H2,(H2,9,10,11). The van der Waals surface area contributed by atoms with Crippen LogP contribution in [-0.4, -0.2) is 29.6 Å². The maximum absolute atomic E-state index is 10.3. The molecule has 14 heavy (non-hydrogen) atoms. The Morgan fingerprint density at radius 3 is 2.43 bits per heavy atom. The molecule has 2 N–H and O–H groups in total. The molecule has 1 rings (SSSR count). The quantitative estimate of drug-likeness (QED) is 0.525. The van der Waals surface area contributed by atoms with E-state index in [1.165, 1.54) is 25.7 Å². The summed E-state index contributed by atoms with van der Waals surface area (Å²) in [5.41, 5.74) is 0. The van der Waals surface area contributed by atoms with Gasteiger partial charge < -0.3 is 14.5 Å². The van der Waals surface area contributed by atoms with Gasteiger partial charge in [-0.25, -0.2) is 4.57 Å². The van der Waals surface area contributed by atoms with Crippen molar-refractivity contribution in [1.29, 1.82) is 0 Å². The van der Waals surface area contributed by atoms with Crippen molar-refractivity contribution in [1.82, 2.24) is 0 Å². The summed E-state index contributed by atoms with van der Waals surface area (Å²) < 4.78 is 19.7. The lowest BCUT2D eigenvalue weighted by molar-refractivity contribution is 0.0653. The molecule has 5 nitrogen and oxygen atoms in total. The van der Waals surface area contributed by atoms with E-state index in [1.807, 2.05) is 0 Å². The van der Waals surface area contributed by atoms with E-state index in [9.17, 15) is 4.57 Å². The zero-order valence-corrected chi connectivity index (χ0v) is 8.99. The van der Waals surface area contributed by atoms with E-state index in [1.54, 1.807) is 0 Å². The molecular weight excluding hydrogens is 207 g/mol. The predicted octanol–water partition coefficient (Wildman–Crippen LogP) is 1.30. The number of rotatable bonds is 6. The zero-order chi connectivity index (χ0) is 10.4. The minimum Gasteiger partial charge on any atom is -0.379 e. The predicted molar refractivity (Wildman–Crippen MR) is 50.8 cm³/mol. The molecule has 0 unspecified atom stereocenters. The lowest BCUT2D eigenvalue weighted by Crippen LogP contribution is -2.09. The van der Waals surface area contributed by atoms with Gasteiger partial charge in [0.15, 0.2) is 0 Å². The normalized spacial score (nSPS) is 19.0. The summed E-state index contributed by atoms with van der Waals surface area (Å²) in [5, 5.41) is 0. The average molecular weight is 224 g/mol. The van der Waals surface area contributed by atoms with Crippen LogP contribution in [-0.2, 0) is 13.8 Å². The van der Waals surface area contributed by atoms with Gasteiger partial charge in [0, 0.05) is 6.61 Å². The third-order valence-electron chi connectivity index (χ3n) is 2.32.